The molecule has 0 saturated carbocycles. The van der Waals surface area contributed by atoms with Gasteiger partial charge in [0.25, 0.3) is 0 Å². The molecule has 0 spiro atoms. The van der Waals surface area contributed by atoms with Crippen LogP contribution >= 0.6 is 11.6 Å². The van der Waals surface area contributed by atoms with Crippen molar-refractivity contribution in [3.8, 4) is 0 Å². The van der Waals surface area contributed by atoms with Crippen LogP contribution in [0.25, 0.3) is 5.57 Å². The smallest absolute Gasteiger partial charge is 0.218 e. The molecule has 1 heterocycles. The molecule has 0 bridgehead atoms. The maximum Gasteiger partial charge on any atom is 0.218 e. The molecule has 4 rings (SSSR count). The minimum absolute atomic E-state index is 0.0116. The van der Waals surface area contributed by atoms with E-state index >= 15 is 0 Å². The van der Waals surface area contributed by atoms with Gasteiger partial charge < -0.3 is 5.11 Å². The van der Waals surface area contributed by atoms with Crippen molar-refractivity contribution in [3.05, 3.63) is 88.0 Å². The second-order valence-electron chi connectivity index (χ2n) is 7.24. The van der Waals surface area contributed by atoms with E-state index in [1.165, 1.54) is 0 Å². The fourth-order valence-corrected chi connectivity index (χ4v) is 5.68. The van der Waals surface area contributed by atoms with Gasteiger partial charge in [-0.3, -0.25) is 0 Å². The predicted octanol–water partition coefficient (Wildman–Crippen LogP) is 3.88. The molecule has 1 fully saturated rings. The average molecular weight is 416 g/mol. The Morgan fingerprint density at radius 3 is 2.46 bits per heavy atom. The van der Waals surface area contributed by atoms with Crippen LogP contribution in [0.4, 0.5) is 0 Å². The van der Waals surface area contributed by atoms with E-state index in [0.717, 1.165) is 27.8 Å². The standard InChI is InChI=1S/C22H22ClNO3S/c23-19-9-6-17(7-10-19)20-11-8-18(14-25)21-12-24(13-22(20)21)28(26,27)15-16-4-2-1-3-5-16/h1-10,21,25H,11-15H2. The number of allylic oxidation sites excluding steroid dienone is 2. The van der Waals surface area contributed by atoms with Crippen LogP contribution in [0.15, 0.2) is 71.8 Å². The number of benzene rings is 2. The molecular formula is C22H22ClNO3S. The highest BCUT2D eigenvalue weighted by Gasteiger charge is 2.39. The maximum atomic E-state index is 13.0. The first-order valence-corrected chi connectivity index (χ1v) is 11.3. The third-order valence-electron chi connectivity index (χ3n) is 5.52. The van der Waals surface area contributed by atoms with Gasteiger partial charge in [-0.25, -0.2) is 8.42 Å². The van der Waals surface area contributed by atoms with Crippen LogP contribution in [0.1, 0.15) is 17.5 Å². The van der Waals surface area contributed by atoms with E-state index in [0.29, 0.717) is 24.5 Å². The van der Waals surface area contributed by atoms with E-state index in [1.54, 1.807) is 4.31 Å². The van der Waals surface area contributed by atoms with Crippen molar-refractivity contribution in [2.45, 2.75) is 12.2 Å². The first kappa shape index (κ1) is 19.4. The molecule has 2 aliphatic rings. The van der Waals surface area contributed by atoms with Crippen LogP contribution in [-0.4, -0.2) is 37.5 Å². The van der Waals surface area contributed by atoms with Crippen LogP contribution in [0.3, 0.4) is 0 Å². The Morgan fingerprint density at radius 1 is 1.07 bits per heavy atom. The average Bonchev–Trinajstić information content (AvgIpc) is 3.15. The van der Waals surface area contributed by atoms with E-state index in [2.05, 4.69) is 0 Å². The van der Waals surface area contributed by atoms with Gasteiger partial charge in [-0.15, -0.1) is 0 Å². The third-order valence-corrected chi connectivity index (χ3v) is 7.53. The first-order chi connectivity index (χ1) is 13.5. The SMILES string of the molecule is O=S(=O)(Cc1ccccc1)N1CC2=C(c3ccc(Cl)cc3)CC=C(CO)C2C1. The van der Waals surface area contributed by atoms with Gasteiger partial charge in [0.15, 0.2) is 0 Å². The lowest BCUT2D eigenvalue weighted by Gasteiger charge is -2.23. The topological polar surface area (TPSA) is 57.6 Å². The summed E-state index contributed by atoms with van der Waals surface area (Å²) >= 11 is 6.02. The molecule has 0 radical (unpaired) electrons. The van der Waals surface area contributed by atoms with Gasteiger partial charge in [0, 0.05) is 24.0 Å². The molecule has 2 aromatic carbocycles. The van der Waals surface area contributed by atoms with Crippen molar-refractivity contribution in [1.82, 2.24) is 4.31 Å². The second kappa shape index (κ2) is 7.84. The molecule has 146 valence electrons. The Kier molecular flexibility index (Phi) is 5.43. The minimum atomic E-state index is -3.45. The summed E-state index contributed by atoms with van der Waals surface area (Å²) in [4.78, 5) is 0. The summed E-state index contributed by atoms with van der Waals surface area (Å²) in [6.45, 7) is 0.706. The molecule has 1 unspecified atom stereocenters. The van der Waals surface area contributed by atoms with Gasteiger partial charge >= 0.3 is 0 Å². The zero-order valence-electron chi connectivity index (χ0n) is 15.4. The van der Waals surface area contributed by atoms with Gasteiger partial charge in [-0.05, 0) is 46.4 Å². The fraction of sp³-hybridized carbons (Fsp3) is 0.273. The highest BCUT2D eigenvalue weighted by molar-refractivity contribution is 7.88. The molecule has 4 nitrogen and oxygen atoms in total. The van der Waals surface area contributed by atoms with E-state index in [1.807, 2.05) is 60.7 Å². The molecule has 0 aromatic heterocycles. The first-order valence-electron chi connectivity index (χ1n) is 9.27. The number of fused-ring (bicyclic) bond motifs is 1. The Balaban J connectivity index is 1.66. The fourth-order valence-electron chi connectivity index (χ4n) is 4.05. The molecular weight excluding hydrogens is 394 g/mol. The molecule has 1 aliphatic heterocycles. The van der Waals surface area contributed by atoms with Crippen LogP contribution in [0, 0.1) is 5.92 Å². The third kappa shape index (κ3) is 3.80. The lowest BCUT2D eigenvalue weighted by molar-refractivity contribution is 0.316. The van der Waals surface area contributed by atoms with Crippen molar-refractivity contribution >= 4 is 27.2 Å². The number of rotatable bonds is 5. The Labute approximate surface area is 170 Å². The van der Waals surface area contributed by atoms with Crippen LogP contribution in [-0.2, 0) is 15.8 Å². The highest BCUT2D eigenvalue weighted by atomic mass is 35.5. The number of nitrogens with zero attached hydrogens (tertiary/aromatic N) is 1. The number of aliphatic hydroxyl groups excluding tert-OH is 1. The molecule has 1 saturated heterocycles. The molecule has 2 aromatic rings. The van der Waals surface area contributed by atoms with Crippen LogP contribution in [0.5, 0.6) is 0 Å². The quantitative estimate of drug-likeness (QED) is 0.754. The molecule has 1 atom stereocenters. The molecule has 1 aliphatic carbocycles. The van der Waals surface area contributed by atoms with E-state index < -0.39 is 10.0 Å². The zero-order chi connectivity index (χ0) is 19.7. The van der Waals surface area contributed by atoms with Crippen LogP contribution < -0.4 is 0 Å². The summed E-state index contributed by atoms with van der Waals surface area (Å²) in [5, 5.41) is 10.5. The normalized spacial score (nSPS) is 20.2. The van der Waals surface area contributed by atoms with E-state index in [-0.39, 0.29) is 18.3 Å². The molecule has 28 heavy (non-hydrogen) atoms. The van der Waals surface area contributed by atoms with Crippen molar-refractivity contribution in [3.63, 3.8) is 0 Å². The number of aliphatic hydroxyl groups is 1. The summed E-state index contributed by atoms with van der Waals surface area (Å²) in [6.07, 6.45) is 2.72. The monoisotopic (exact) mass is 415 g/mol. The number of halogens is 1. The summed E-state index contributed by atoms with van der Waals surface area (Å²) in [5.41, 5.74) is 4.97. The Hall–Kier alpha value is -1.92. The summed E-state index contributed by atoms with van der Waals surface area (Å²) in [5.74, 6) is -0.0718. The lowest BCUT2D eigenvalue weighted by Crippen LogP contribution is -2.30. The second-order valence-corrected chi connectivity index (χ2v) is 9.64. The molecule has 0 amide bonds. The van der Waals surface area contributed by atoms with Gasteiger partial charge in [0.2, 0.25) is 10.0 Å². The van der Waals surface area contributed by atoms with E-state index in [4.69, 9.17) is 11.6 Å². The molecule has 1 N–H and O–H groups in total. The largest absolute Gasteiger partial charge is 0.392 e. The summed E-state index contributed by atoms with van der Waals surface area (Å²) in [6, 6.07) is 16.9. The van der Waals surface area contributed by atoms with E-state index in [9.17, 15) is 13.5 Å². The van der Waals surface area contributed by atoms with Gasteiger partial charge in [-0.1, -0.05) is 60.1 Å². The number of hydrogen-bond acceptors (Lipinski definition) is 3. The minimum Gasteiger partial charge on any atom is -0.392 e. The maximum absolute atomic E-state index is 13.0. The number of hydrogen-bond donors (Lipinski definition) is 1. The Morgan fingerprint density at radius 2 is 1.79 bits per heavy atom. The number of sulfonamides is 1. The summed E-state index contributed by atoms with van der Waals surface area (Å²) in [7, 11) is -3.45. The van der Waals surface area contributed by atoms with Crippen molar-refractivity contribution in [2.24, 2.45) is 5.92 Å². The lowest BCUT2D eigenvalue weighted by atomic mass is 9.82. The van der Waals surface area contributed by atoms with Crippen molar-refractivity contribution in [1.29, 1.82) is 0 Å². The van der Waals surface area contributed by atoms with Crippen LogP contribution in [0.2, 0.25) is 5.02 Å². The van der Waals surface area contributed by atoms with Crippen molar-refractivity contribution < 1.29 is 13.5 Å². The highest BCUT2D eigenvalue weighted by Crippen LogP contribution is 2.41. The summed E-state index contributed by atoms with van der Waals surface area (Å²) < 4.78 is 27.6. The Bertz CT molecular complexity index is 1030. The van der Waals surface area contributed by atoms with Gasteiger partial charge in [0.1, 0.15) is 0 Å². The van der Waals surface area contributed by atoms with Gasteiger partial charge in [-0.2, -0.15) is 4.31 Å². The molecule has 6 heteroatoms. The van der Waals surface area contributed by atoms with Crippen molar-refractivity contribution in [2.75, 3.05) is 19.7 Å². The predicted molar refractivity (Wildman–Crippen MR) is 112 cm³/mol. The van der Waals surface area contributed by atoms with Gasteiger partial charge in [0.05, 0.1) is 12.4 Å². The zero-order valence-corrected chi connectivity index (χ0v) is 17.0.